The maximum absolute atomic E-state index is 11.4. The van der Waals surface area contributed by atoms with Crippen molar-refractivity contribution in [2.45, 2.75) is 13.0 Å². The van der Waals surface area contributed by atoms with Crippen LogP contribution in [0.5, 0.6) is 0 Å². The summed E-state index contributed by atoms with van der Waals surface area (Å²) in [5, 5.41) is 2.76. The molecule has 4 heteroatoms. The van der Waals surface area contributed by atoms with Gasteiger partial charge in [-0.2, -0.15) is 0 Å². The van der Waals surface area contributed by atoms with Crippen LogP contribution in [0.2, 0.25) is 0 Å². The summed E-state index contributed by atoms with van der Waals surface area (Å²) in [5.74, 6) is 0.552. The first-order chi connectivity index (χ1) is 6.27. The van der Waals surface area contributed by atoms with E-state index in [0.717, 1.165) is 6.61 Å². The number of nitrogens with one attached hydrogen (secondary N) is 1. The summed E-state index contributed by atoms with van der Waals surface area (Å²) in [4.78, 5) is 11.4. The molecule has 0 radical (unpaired) electrons. The minimum atomic E-state index is -0.0956. The predicted molar refractivity (Wildman–Crippen MR) is 45.5 cm³/mol. The predicted octanol–water partition coefficient (Wildman–Crippen LogP) is 0.717. The highest BCUT2D eigenvalue weighted by molar-refractivity contribution is 5.95. The molecule has 70 valence electrons. The molecule has 1 saturated heterocycles. The summed E-state index contributed by atoms with van der Waals surface area (Å²) in [6, 6.07) is 1.67. The molecule has 0 unspecified atom stereocenters. The normalized spacial score (nSPS) is 19.9. The average Bonchev–Trinajstić information content (AvgIpc) is 2.84. The number of hydrogen-bond donors (Lipinski definition) is 1. The molecule has 1 N–H and O–H groups in total. The van der Waals surface area contributed by atoms with Gasteiger partial charge in [0.25, 0.3) is 5.91 Å². The van der Waals surface area contributed by atoms with Crippen molar-refractivity contribution in [3.05, 3.63) is 23.7 Å². The van der Waals surface area contributed by atoms with Crippen LogP contribution in [0.3, 0.4) is 0 Å². The summed E-state index contributed by atoms with van der Waals surface area (Å²) in [6.45, 7) is 3.11. The van der Waals surface area contributed by atoms with Crippen LogP contribution >= 0.6 is 0 Å². The van der Waals surface area contributed by atoms with Crippen LogP contribution < -0.4 is 5.32 Å². The van der Waals surface area contributed by atoms with Gasteiger partial charge in [-0.1, -0.05) is 0 Å². The largest absolute Gasteiger partial charge is 0.469 e. The Labute approximate surface area is 75.9 Å². The molecule has 4 nitrogen and oxygen atoms in total. The van der Waals surface area contributed by atoms with Gasteiger partial charge in [-0.25, -0.2) is 0 Å². The second kappa shape index (κ2) is 3.22. The molecule has 1 atom stereocenters. The molecule has 1 aliphatic rings. The third-order valence-corrected chi connectivity index (χ3v) is 2.00. The SMILES string of the molecule is Cc1occc1C(=O)NC[C@@H]1CO1. The lowest BCUT2D eigenvalue weighted by molar-refractivity contribution is 0.0949. The quantitative estimate of drug-likeness (QED) is 0.699. The van der Waals surface area contributed by atoms with Gasteiger partial charge in [-0.05, 0) is 13.0 Å². The molecule has 1 aromatic heterocycles. The highest BCUT2D eigenvalue weighted by atomic mass is 16.6. The number of carbonyl (C=O) groups is 1. The third kappa shape index (κ3) is 1.89. The monoisotopic (exact) mass is 181 g/mol. The molecule has 1 fully saturated rings. The van der Waals surface area contributed by atoms with E-state index in [-0.39, 0.29) is 12.0 Å². The minimum Gasteiger partial charge on any atom is -0.469 e. The summed E-state index contributed by atoms with van der Waals surface area (Å²) in [7, 11) is 0. The van der Waals surface area contributed by atoms with Gasteiger partial charge in [-0.15, -0.1) is 0 Å². The first-order valence-corrected chi connectivity index (χ1v) is 4.21. The number of furan rings is 1. The first-order valence-electron chi connectivity index (χ1n) is 4.21. The van der Waals surface area contributed by atoms with E-state index < -0.39 is 0 Å². The van der Waals surface area contributed by atoms with Gasteiger partial charge in [0.1, 0.15) is 5.76 Å². The van der Waals surface area contributed by atoms with Gasteiger partial charge in [0.05, 0.1) is 24.5 Å². The van der Waals surface area contributed by atoms with Crippen molar-refractivity contribution in [3.8, 4) is 0 Å². The standard InChI is InChI=1S/C9H11NO3/c1-6-8(2-3-12-6)9(11)10-4-7-5-13-7/h2-3,7H,4-5H2,1H3,(H,10,11)/t7-/m1/s1. The number of aryl methyl sites for hydroxylation is 1. The summed E-state index contributed by atoms with van der Waals surface area (Å²) < 4.78 is 9.98. The Morgan fingerprint density at radius 1 is 1.77 bits per heavy atom. The van der Waals surface area contributed by atoms with Crippen molar-refractivity contribution >= 4 is 5.91 Å². The topological polar surface area (TPSA) is 54.8 Å². The lowest BCUT2D eigenvalue weighted by atomic mass is 10.2. The van der Waals surface area contributed by atoms with Crippen molar-refractivity contribution in [2.75, 3.05) is 13.2 Å². The fourth-order valence-electron chi connectivity index (χ4n) is 1.11. The molecule has 0 aromatic carbocycles. The number of epoxide rings is 1. The zero-order valence-corrected chi connectivity index (χ0v) is 7.37. The van der Waals surface area contributed by atoms with E-state index >= 15 is 0 Å². The van der Waals surface area contributed by atoms with Gasteiger partial charge in [0.2, 0.25) is 0 Å². The smallest absolute Gasteiger partial charge is 0.254 e. The molecular formula is C9H11NO3. The van der Waals surface area contributed by atoms with Gasteiger partial charge in [-0.3, -0.25) is 4.79 Å². The van der Waals surface area contributed by atoms with E-state index in [2.05, 4.69) is 5.32 Å². The lowest BCUT2D eigenvalue weighted by Crippen LogP contribution is -2.27. The Bertz CT molecular complexity index is 314. The van der Waals surface area contributed by atoms with Gasteiger partial charge in [0, 0.05) is 6.54 Å². The molecule has 2 rings (SSSR count). The molecule has 0 saturated carbocycles. The van der Waals surface area contributed by atoms with Crippen LogP contribution in [0.4, 0.5) is 0 Å². The van der Waals surface area contributed by atoms with Crippen molar-refractivity contribution in [3.63, 3.8) is 0 Å². The van der Waals surface area contributed by atoms with Crippen LogP contribution in [0.1, 0.15) is 16.1 Å². The van der Waals surface area contributed by atoms with Gasteiger partial charge in [0.15, 0.2) is 0 Å². The Balaban J connectivity index is 1.92. The maximum atomic E-state index is 11.4. The summed E-state index contributed by atoms with van der Waals surface area (Å²) in [5.41, 5.74) is 0.598. The first kappa shape index (κ1) is 8.31. The number of rotatable bonds is 3. The second-order valence-electron chi connectivity index (χ2n) is 3.06. The van der Waals surface area contributed by atoms with E-state index in [1.54, 1.807) is 13.0 Å². The van der Waals surface area contributed by atoms with Crippen LogP contribution in [0.15, 0.2) is 16.7 Å². The average molecular weight is 181 g/mol. The second-order valence-corrected chi connectivity index (χ2v) is 3.06. The zero-order chi connectivity index (χ0) is 9.26. The molecular weight excluding hydrogens is 170 g/mol. The van der Waals surface area contributed by atoms with Crippen molar-refractivity contribution < 1.29 is 13.9 Å². The van der Waals surface area contributed by atoms with Crippen LogP contribution in [0.25, 0.3) is 0 Å². The Kier molecular flexibility index (Phi) is 2.06. The molecule has 1 aliphatic heterocycles. The number of ether oxygens (including phenoxy) is 1. The van der Waals surface area contributed by atoms with Crippen LogP contribution in [-0.2, 0) is 4.74 Å². The highest BCUT2D eigenvalue weighted by Gasteiger charge is 2.23. The van der Waals surface area contributed by atoms with E-state index in [4.69, 9.17) is 9.15 Å². The van der Waals surface area contributed by atoms with Crippen LogP contribution in [-0.4, -0.2) is 25.2 Å². The van der Waals surface area contributed by atoms with E-state index in [1.807, 2.05) is 0 Å². The van der Waals surface area contributed by atoms with Crippen LogP contribution in [0, 0.1) is 6.92 Å². The fraction of sp³-hybridized carbons (Fsp3) is 0.444. The van der Waals surface area contributed by atoms with E-state index in [9.17, 15) is 4.79 Å². The molecule has 1 amide bonds. The number of hydrogen-bond acceptors (Lipinski definition) is 3. The van der Waals surface area contributed by atoms with Crippen molar-refractivity contribution in [1.82, 2.24) is 5.32 Å². The number of amides is 1. The zero-order valence-electron chi connectivity index (χ0n) is 7.37. The van der Waals surface area contributed by atoms with E-state index in [1.165, 1.54) is 6.26 Å². The Hall–Kier alpha value is -1.29. The molecule has 0 spiro atoms. The summed E-state index contributed by atoms with van der Waals surface area (Å²) >= 11 is 0. The molecule has 1 aromatic rings. The molecule has 13 heavy (non-hydrogen) atoms. The summed E-state index contributed by atoms with van der Waals surface area (Å²) in [6.07, 6.45) is 1.73. The maximum Gasteiger partial charge on any atom is 0.254 e. The molecule has 0 aliphatic carbocycles. The highest BCUT2D eigenvalue weighted by Crippen LogP contribution is 2.10. The Morgan fingerprint density at radius 2 is 2.54 bits per heavy atom. The lowest BCUT2D eigenvalue weighted by Gasteiger charge is -2.00. The van der Waals surface area contributed by atoms with Gasteiger partial charge < -0.3 is 14.5 Å². The fourth-order valence-corrected chi connectivity index (χ4v) is 1.11. The Morgan fingerprint density at radius 3 is 3.08 bits per heavy atom. The number of carbonyl (C=O) groups excluding carboxylic acids is 1. The molecule has 0 bridgehead atoms. The van der Waals surface area contributed by atoms with E-state index in [0.29, 0.717) is 17.9 Å². The third-order valence-electron chi connectivity index (χ3n) is 2.00. The van der Waals surface area contributed by atoms with Crippen molar-refractivity contribution in [1.29, 1.82) is 0 Å². The minimum absolute atomic E-state index is 0.0956. The van der Waals surface area contributed by atoms with Crippen molar-refractivity contribution in [2.24, 2.45) is 0 Å². The van der Waals surface area contributed by atoms with Gasteiger partial charge >= 0.3 is 0 Å². The molecule has 2 heterocycles.